The second-order valence-corrected chi connectivity index (χ2v) is 12.1. The molecule has 0 heterocycles. The average molecular weight is 591 g/mol. The number of aryl methyl sites for hydroxylation is 1. The van der Waals surface area contributed by atoms with Crippen LogP contribution in [0.3, 0.4) is 0 Å². The van der Waals surface area contributed by atoms with E-state index in [0.29, 0.717) is 27.7 Å². The van der Waals surface area contributed by atoms with Crippen LogP contribution in [0.15, 0.2) is 72.8 Å². The molecule has 0 aliphatic heterocycles. The van der Waals surface area contributed by atoms with Crippen molar-refractivity contribution in [2.75, 3.05) is 24.2 Å². The molecule has 0 spiro atoms. The molecule has 3 aromatic carbocycles. The van der Waals surface area contributed by atoms with Gasteiger partial charge in [-0.1, -0.05) is 77.8 Å². The number of anilines is 1. The summed E-state index contributed by atoms with van der Waals surface area (Å²) < 4.78 is 26.5. The molecule has 0 aromatic heterocycles. The fourth-order valence-electron chi connectivity index (χ4n) is 4.38. The number of hydrogen-bond acceptors (Lipinski definition) is 4. The van der Waals surface area contributed by atoms with Gasteiger partial charge in [-0.25, -0.2) is 8.42 Å². The molecule has 0 aliphatic carbocycles. The van der Waals surface area contributed by atoms with E-state index in [1.54, 1.807) is 30.3 Å². The average Bonchev–Trinajstić information content (AvgIpc) is 2.89. The Bertz CT molecular complexity index is 1400. The van der Waals surface area contributed by atoms with E-state index >= 15 is 0 Å². The SMILES string of the molecule is CNC(=O)[C@H](Cc1ccccc1)N(Cc1ccc(Cl)cc1Cl)C(=O)CCCN(c1ccccc1C)S(C)(=O)=O. The molecule has 3 rings (SSSR count). The van der Waals surface area contributed by atoms with Crippen LogP contribution in [-0.4, -0.2) is 51.0 Å². The predicted octanol–water partition coefficient (Wildman–Crippen LogP) is 5.23. The molecular weight excluding hydrogens is 557 g/mol. The largest absolute Gasteiger partial charge is 0.357 e. The van der Waals surface area contributed by atoms with E-state index in [2.05, 4.69) is 5.32 Å². The topological polar surface area (TPSA) is 86.8 Å². The number of nitrogens with one attached hydrogen (secondary N) is 1. The number of nitrogens with zero attached hydrogens (tertiary/aromatic N) is 2. The first kappa shape index (κ1) is 30.5. The Morgan fingerprint density at radius 1 is 0.974 bits per heavy atom. The zero-order chi connectivity index (χ0) is 28.6. The van der Waals surface area contributed by atoms with E-state index < -0.39 is 16.1 Å². The van der Waals surface area contributed by atoms with Crippen molar-refractivity contribution in [3.63, 3.8) is 0 Å². The number of benzene rings is 3. The van der Waals surface area contributed by atoms with Crippen LogP contribution in [0.2, 0.25) is 10.0 Å². The molecule has 0 saturated heterocycles. The molecule has 208 valence electrons. The highest BCUT2D eigenvalue weighted by Crippen LogP contribution is 2.26. The highest BCUT2D eigenvalue weighted by atomic mass is 35.5. The molecule has 10 heteroatoms. The Hall–Kier alpha value is -3.07. The normalized spacial score (nSPS) is 12.0. The Morgan fingerprint density at radius 2 is 1.64 bits per heavy atom. The van der Waals surface area contributed by atoms with Gasteiger partial charge in [0.15, 0.2) is 0 Å². The van der Waals surface area contributed by atoms with Crippen LogP contribution >= 0.6 is 23.2 Å². The van der Waals surface area contributed by atoms with Crippen molar-refractivity contribution in [2.24, 2.45) is 0 Å². The molecule has 0 saturated carbocycles. The predicted molar refractivity (Wildman–Crippen MR) is 158 cm³/mol. The number of hydrogen-bond donors (Lipinski definition) is 1. The van der Waals surface area contributed by atoms with E-state index in [1.807, 2.05) is 49.4 Å². The van der Waals surface area contributed by atoms with Crippen LogP contribution in [0.5, 0.6) is 0 Å². The first-order chi connectivity index (χ1) is 18.5. The van der Waals surface area contributed by atoms with Gasteiger partial charge in [-0.2, -0.15) is 0 Å². The Balaban J connectivity index is 1.88. The number of amides is 2. The summed E-state index contributed by atoms with van der Waals surface area (Å²) in [4.78, 5) is 28.3. The summed E-state index contributed by atoms with van der Waals surface area (Å²) in [6.45, 7) is 2.05. The summed E-state index contributed by atoms with van der Waals surface area (Å²) in [5, 5.41) is 3.53. The lowest BCUT2D eigenvalue weighted by Crippen LogP contribution is -2.49. The van der Waals surface area contributed by atoms with Gasteiger partial charge in [-0.15, -0.1) is 0 Å². The van der Waals surface area contributed by atoms with E-state index in [-0.39, 0.29) is 37.7 Å². The molecule has 0 bridgehead atoms. The van der Waals surface area contributed by atoms with Crippen molar-refractivity contribution in [3.05, 3.63) is 99.5 Å². The quantitative estimate of drug-likeness (QED) is 0.313. The zero-order valence-electron chi connectivity index (χ0n) is 22.2. The van der Waals surface area contributed by atoms with Gasteiger partial charge in [0, 0.05) is 43.0 Å². The second kappa shape index (κ2) is 13.8. The summed E-state index contributed by atoms with van der Waals surface area (Å²) in [5.41, 5.74) is 2.93. The molecule has 0 aliphatic rings. The lowest BCUT2D eigenvalue weighted by molar-refractivity contribution is -0.141. The smallest absolute Gasteiger partial charge is 0.242 e. The molecule has 3 aromatic rings. The number of para-hydroxylation sites is 1. The van der Waals surface area contributed by atoms with E-state index in [0.717, 1.165) is 17.4 Å². The van der Waals surface area contributed by atoms with Crippen molar-refractivity contribution < 1.29 is 18.0 Å². The fourth-order valence-corrected chi connectivity index (χ4v) is 5.87. The monoisotopic (exact) mass is 589 g/mol. The van der Waals surface area contributed by atoms with Gasteiger partial charge < -0.3 is 10.2 Å². The van der Waals surface area contributed by atoms with Crippen molar-refractivity contribution >= 4 is 50.7 Å². The number of sulfonamides is 1. The van der Waals surface area contributed by atoms with Gasteiger partial charge in [0.2, 0.25) is 21.8 Å². The minimum absolute atomic E-state index is 0.0331. The van der Waals surface area contributed by atoms with Crippen molar-refractivity contribution in [1.82, 2.24) is 10.2 Å². The maximum Gasteiger partial charge on any atom is 0.242 e. The molecular formula is C29H33Cl2N3O4S. The number of carbonyl (C=O) groups is 2. The minimum atomic E-state index is -3.58. The highest BCUT2D eigenvalue weighted by Gasteiger charge is 2.30. The standard InChI is InChI=1S/C29H33Cl2N3O4S/c1-21-10-7-8-13-26(21)34(39(3,37)38)17-9-14-28(35)33(20-23-15-16-24(30)19-25(23)31)27(29(36)32-2)18-22-11-5-4-6-12-22/h4-8,10-13,15-16,19,27H,9,14,17-18,20H2,1-3H3,(H,32,36)/t27-/m0/s1. The molecule has 0 fully saturated rings. The minimum Gasteiger partial charge on any atom is -0.357 e. The highest BCUT2D eigenvalue weighted by molar-refractivity contribution is 7.92. The van der Waals surface area contributed by atoms with Gasteiger partial charge in [0.1, 0.15) is 6.04 Å². The third-order valence-electron chi connectivity index (χ3n) is 6.41. The van der Waals surface area contributed by atoms with Crippen LogP contribution < -0.4 is 9.62 Å². The van der Waals surface area contributed by atoms with Crippen LogP contribution in [0.1, 0.15) is 29.5 Å². The van der Waals surface area contributed by atoms with Crippen molar-refractivity contribution in [2.45, 2.75) is 38.8 Å². The summed E-state index contributed by atoms with van der Waals surface area (Å²) in [7, 11) is -2.04. The van der Waals surface area contributed by atoms with Crippen LogP contribution in [0.4, 0.5) is 5.69 Å². The fraction of sp³-hybridized carbons (Fsp3) is 0.310. The first-order valence-corrected chi connectivity index (χ1v) is 15.1. The summed E-state index contributed by atoms with van der Waals surface area (Å²) in [6, 6.07) is 20.9. The van der Waals surface area contributed by atoms with E-state index in [4.69, 9.17) is 23.2 Å². The lowest BCUT2D eigenvalue weighted by Gasteiger charge is -2.32. The molecule has 7 nitrogen and oxygen atoms in total. The third kappa shape index (κ3) is 8.46. The zero-order valence-corrected chi connectivity index (χ0v) is 24.6. The maximum atomic E-state index is 13.7. The molecule has 0 unspecified atom stereocenters. The summed E-state index contributed by atoms with van der Waals surface area (Å²) in [6.07, 6.45) is 1.75. The van der Waals surface area contributed by atoms with Crippen LogP contribution in [-0.2, 0) is 32.6 Å². The lowest BCUT2D eigenvalue weighted by atomic mass is 10.0. The van der Waals surface area contributed by atoms with Gasteiger partial charge in [0.05, 0.1) is 11.9 Å². The van der Waals surface area contributed by atoms with Gasteiger partial charge >= 0.3 is 0 Å². The Kier molecular flexibility index (Phi) is 10.8. The molecule has 0 radical (unpaired) electrons. The van der Waals surface area contributed by atoms with E-state index in [1.165, 1.54) is 16.3 Å². The summed E-state index contributed by atoms with van der Waals surface area (Å²) in [5.74, 6) is -0.598. The van der Waals surface area contributed by atoms with Gasteiger partial charge in [-0.3, -0.25) is 13.9 Å². The molecule has 39 heavy (non-hydrogen) atoms. The maximum absolute atomic E-state index is 13.7. The molecule has 1 atom stereocenters. The second-order valence-electron chi connectivity index (χ2n) is 9.30. The number of likely N-dealkylation sites (N-methyl/N-ethyl adjacent to an activating group) is 1. The van der Waals surface area contributed by atoms with Gasteiger partial charge in [-0.05, 0) is 48.2 Å². The third-order valence-corrected chi connectivity index (χ3v) is 8.18. The van der Waals surface area contributed by atoms with Crippen molar-refractivity contribution in [1.29, 1.82) is 0 Å². The number of halogens is 2. The van der Waals surface area contributed by atoms with Gasteiger partial charge in [0.25, 0.3) is 0 Å². The molecule has 2 amide bonds. The Morgan fingerprint density at radius 3 is 2.26 bits per heavy atom. The number of rotatable bonds is 12. The van der Waals surface area contributed by atoms with Crippen molar-refractivity contribution in [3.8, 4) is 0 Å². The number of carbonyl (C=O) groups excluding carboxylic acids is 2. The first-order valence-electron chi connectivity index (χ1n) is 12.5. The van der Waals surface area contributed by atoms with Crippen LogP contribution in [0, 0.1) is 6.92 Å². The Labute approximate surface area is 240 Å². The summed E-state index contributed by atoms with van der Waals surface area (Å²) >= 11 is 12.5. The molecule has 1 N–H and O–H groups in total. The van der Waals surface area contributed by atoms with E-state index in [9.17, 15) is 18.0 Å². The van der Waals surface area contributed by atoms with Crippen LogP contribution in [0.25, 0.3) is 0 Å².